The minimum Gasteiger partial charge on any atom is -0.481 e. The van der Waals surface area contributed by atoms with Crippen LogP contribution in [0.1, 0.15) is 23.7 Å². The van der Waals surface area contributed by atoms with E-state index in [9.17, 15) is 9.59 Å². The lowest BCUT2D eigenvalue weighted by Gasteiger charge is -2.08. The largest absolute Gasteiger partial charge is 0.481 e. The molecule has 5 heteroatoms. The van der Waals surface area contributed by atoms with Crippen LogP contribution in [0.2, 0.25) is 0 Å². The summed E-state index contributed by atoms with van der Waals surface area (Å²) in [7, 11) is 0. The molecule has 0 saturated carbocycles. The predicted molar refractivity (Wildman–Crippen MR) is 51.0 cm³/mol. The number of nitrogens with one attached hydrogen (secondary N) is 1. The number of carboxylic acids is 1. The van der Waals surface area contributed by atoms with Crippen LogP contribution in [-0.2, 0) is 4.79 Å². The van der Waals surface area contributed by atoms with Crippen molar-refractivity contribution in [2.45, 2.75) is 19.4 Å². The van der Waals surface area contributed by atoms with E-state index in [2.05, 4.69) is 4.98 Å². The maximum Gasteiger partial charge on any atom is 0.305 e. The number of aliphatic carboxylic acids is 1. The number of pyridine rings is 1. The van der Waals surface area contributed by atoms with Gasteiger partial charge < -0.3 is 15.8 Å². The zero-order valence-corrected chi connectivity index (χ0v) is 7.78. The highest BCUT2D eigenvalue weighted by Crippen LogP contribution is 2.12. The number of hydrogen-bond donors (Lipinski definition) is 3. The molecule has 4 N–H and O–H groups in total. The summed E-state index contributed by atoms with van der Waals surface area (Å²) in [5.41, 5.74) is 6.56. The van der Waals surface area contributed by atoms with Gasteiger partial charge in [-0.15, -0.1) is 0 Å². The van der Waals surface area contributed by atoms with Crippen molar-refractivity contribution in [3.8, 4) is 0 Å². The smallest absolute Gasteiger partial charge is 0.305 e. The van der Waals surface area contributed by atoms with Crippen LogP contribution in [0.4, 0.5) is 0 Å². The molecular formula is C9H12N2O3. The lowest BCUT2D eigenvalue weighted by Crippen LogP contribution is -2.18. The molecule has 0 bridgehead atoms. The molecule has 0 aromatic carbocycles. The van der Waals surface area contributed by atoms with E-state index in [1.54, 1.807) is 13.0 Å². The van der Waals surface area contributed by atoms with Gasteiger partial charge in [-0.25, -0.2) is 0 Å². The second-order valence-corrected chi connectivity index (χ2v) is 3.17. The Balaban J connectivity index is 2.95. The summed E-state index contributed by atoms with van der Waals surface area (Å²) >= 11 is 0. The number of aryl methyl sites for hydroxylation is 1. The molecule has 1 rings (SSSR count). The zero-order chi connectivity index (χ0) is 10.7. The highest BCUT2D eigenvalue weighted by molar-refractivity contribution is 5.67. The van der Waals surface area contributed by atoms with Crippen LogP contribution >= 0.6 is 0 Å². The molecule has 1 aromatic rings. The maximum atomic E-state index is 11.0. The highest BCUT2D eigenvalue weighted by Gasteiger charge is 2.11. The second kappa shape index (κ2) is 4.06. The molecule has 0 amide bonds. The average molecular weight is 196 g/mol. The molecule has 1 aromatic heterocycles. The van der Waals surface area contributed by atoms with Gasteiger partial charge in [0.15, 0.2) is 0 Å². The fourth-order valence-electron chi connectivity index (χ4n) is 1.23. The van der Waals surface area contributed by atoms with E-state index in [-0.39, 0.29) is 12.0 Å². The lowest BCUT2D eigenvalue weighted by atomic mass is 10.1. The first-order valence-electron chi connectivity index (χ1n) is 4.17. The van der Waals surface area contributed by atoms with Gasteiger partial charge in [0.25, 0.3) is 0 Å². The molecule has 0 spiro atoms. The number of rotatable bonds is 3. The van der Waals surface area contributed by atoms with E-state index < -0.39 is 12.0 Å². The quantitative estimate of drug-likeness (QED) is 0.641. The Morgan fingerprint density at radius 3 is 2.79 bits per heavy atom. The fourth-order valence-corrected chi connectivity index (χ4v) is 1.23. The van der Waals surface area contributed by atoms with Crippen LogP contribution in [0.3, 0.4) is 0 Å². The summed E-state index contributed by atoms with van der Waals surface area (Å²) in [5, 5.41) is 8.52. The van der Waals surface area contributed by atoms with Crippen LogP contribution in [0.5, 0.6) is 0 Å². The Bertz CT molecular complexity index is 397. The van der Waals surface area contributed by atoms with Crippen molar-refractivity contribution in [2.75, 3.05) is 0 Å². The molecule has 0 unspecified atom stereocenters. The van der Waals surface area contributed by atoms with Gasteiger partial charge in [0.2, 0.25) is 5.56 Å². The highest BCUT2D eigenvalue weighted by atomic mass is 16.4. The molecule has 0 aliphatic heterocycles. The maximum absolute atomic E-state index is 11.0. The molecular weight excluding hydrogens is 184 g/mol. The van der Waals surface area contributed by atoms with Gasteiger partial charge in [-0.1, -0.05) is 0 Å². The standard InChI is InChI=1S/C9H12N2O3/c1-5-2-6(3-8(12)11-5)7(10)4-9(13)14/h2-3,7H,4,10H2,1H3,(H,11,12)(H,13,14)/t7-/m0/s1. The summed E-state index contributed by atoms with van der Waals surface area (Å²) in [6.07, 6.45) is -0.178. The Morgan fingerprint density at radius 2 is 2.29 bits per heavy atom. The molecule has 0 saturated heterocycles. The number of nitrogens with two attached hydrogens (primary N) is 1. The van der Waals surface area contributed by atoms with Gasteiger partial charge in [-0.3, -0.25) is 9.59 Å². The van der Waals surface area contributed by atoms with Gasteiger partial charge in [-0.2, -0.15) is 0 Å². The summed E-state index contributed by atoms with van der Waals surface area (Å²) in [5.74, 6) is -0.976. The minimum absolute atomic E-state index is 0.178. The van der Waals surface area contributed by atoms with Crippen LogP contribution in [0.15, 0.2) is 16.9 Å². The van der Waals surface area contributed by atoms with Crippen molar-refractivity contribution < 1.29 is 9.90 Å². The molecule has 0 fully saturated rings. The third kappa shape index (κ3) is 2.70. The summed E-state index contributed by atoms with van der Waals surface area (Å²) < 4.78 is 0. The van der Waals surface area contributed by atoms with Gasteiger partial charge >= 0.3 is 5.97 Å². The first kappa shape index (κ1) is 10.5. The Labute approximate surface area is 80.6 Å². The molecule has 1 heterocycles. The summed E-state index contributed by atoms with van der Waals surface area (Å²) in [6.45, 7) is 1.72. The zero-order valence-electron chi connectivity index (χ0n) is 7.78. The monoisotopic (exact) mass is 196 g/mol. The molecule has 1 atom stereocenters. The van der Waals surface area contributed by atoms with E-state index in [0.29, 0.717) is 11.3 Å². The van der Waals surface area contributed by atoms with Gasteiger partial charge in [-0.05, 0) is 18.6 Å². The van der Waals surface area contributed by atoms with E-state index in [0.717, 1.165) is 0 Å². The number of hydrogen-bond acceptors (Lipinski definition) is 3. The van der Waals surface area contributed by atoms with Gasteiger partial charge in [0.05, 0.1) is 6.42 Å². The lowest BCUT2D eigenvalue weighted by molar-refractivity contribution is -0.137. The summed E-state index contributed by atoms with van der Waals surface area (Å²) in [6, 6.07) is 2.36. The van der Waals surface area contributed by atoms with Crippen LogP contribution < -0.4 is 11.3 Å². The van der Waals surface area contributed by atoms with Crippen molar-refractivity contribution in [3.63, 3.8) is 0 Å². The van der Waals surface area contributed by atoms with Crippen molar-refractivity contribution in [1.29, 1.82) is 0 Å². The minimum atomic E-state index is -0.976. The first-order valence-corrected chi connectivity index (χ1v) is 4.17. The number of H-pyrrole nitrogens is 1. The predicted octanol–water partition coefficient (Wildman–Crippen LogP) is 0.158. The number of aromatic amines is 1. The normalized spacial score (nSPS) is 12.4. The average Bonchev–Trinajstić information content (AvgIpc) is 2.00. The van der Waals surface area contributed by atoms with Crippen molar-refractivity contribution in [2.24, 2.45) is 5.73 Å². The fraction of sp³-hybridized carbons (Fsp3) is 0.333. The molecule has 0 aliphatic rings. The van der Waals surface area contributed by atoms with Crippen molar-refractivity contribution in [1.82, 2.24) is 4.98 Å². The van der Waals surface area contributed by atoms with Gasteiger partial charge in [0.1, 0.15) is 0 Å². The van der Waals surface area contributed by atoms with Crippen LogP contribution in [0.25, 0.3) is 0 Å². The molecule has 0 radical (unpaired) electrons. The van der Waals surface area contributed by atoms with Crippen LogP contribution in [-0.4, -0.2) is 16.1 Å². The third-order valence-electron chi connectivity index (χ3n) is 1.82. The van der Waals surface area contributed by atoms with E-state index in [1.165, 1.54) is 6.07 Å². The van der Waals surface area contributed by atoms with E-state index in [1.807, 2.05) is 0 Å². The first-order chi connectivity index (χ1) is 6.49. The van der Waals surface area contributed by atoms with E-state index in [4.69, 9.17) is 10.8 Å². The SMILES string of the molecule is Cc1cc([C@@H](N)CC(=O)O)cc(=O)[nH]1. The summed E-state index contributed by atoms with van der Waals surface area (Å²) in [4.78, 5) is 24.0. The second-order valence-electron chi connectivity index (χ2n) is 3.17. The number of aromatic nitrogens is 1. The number of carboxylic acid groups (broad SMARTS) is 1. The van der Waals surface area contributed by atoms with E-state index >= 15 is 0 Å². The van der Waals surface area contributed by atoms with Gasteiger partial charge in [0, 0.05) is 17.8 Å². The van der Waals surface area contributed by atoms with Crippen molar-refractivity contribution in [3.05, 3.63) is 33.7 Å². The topological polar surface area (TPSA) is 96.2 Å². The third-order valence-corrected chi connectivity index (χ3v) is 1.82. The molecule has 5 nitrogen and oxygen atoms in total. The molecule has 14 heavy (non-hydrogen) atoms. The Kier molecular flexibility index (Phi) is 3.03. The molecule has 0 aliphatic carbocycles. The Morgan fingerprint density at radius 1 is 1.64 bits per heavy atom. The van der Waals surface area contributed by atoms with Crippen molar-refractivity contribution >= 4 is 5.97 Å². The number of carbonyl (C=O) groups is 1. The Hall–Kier alpha value is -1.62. The molecule has 76 valence electrons. The van der Waals surface area contributed by atoms with Crippen LogP contribution in [0, 0.1) is 6.92 Å².